The van der Waals surface area contributed by atoms with Crippen molar-refractivity contribution in [3.63, 3.8) is 0 Å². The number of rotatable bonds is 2. The first-order chi connectivity index (χ1) is 2.77. The van der Waals surface area contributed by atoms with Crippen molar-refractivity contribution < 1.29 is 13.7 Å². The summed E-state index contributed by atoms with van der Waals surface area (Å²) in [5, 5.41) is 0. The van der Waals surface area contributed by atoms with Gasteiger partial charge in [0.05, 0.1) is 0 Å². The molecule has 0 aliphatic carbocycles. The lowest BCUT2D eigenvalue weighted by atomic mass is 10.9. The van der Waals surface area contributed by atoms with Gasteiger partial charge in [0.15, 0.2) is 0 Å². The molecule has 44 valence electrons. The van der Waals surface area contributed by atoms with E-state index in [-0.39, 0.29) is 12.8 Å². The molecule has 0 aromatic heterocycles. The molecule has 3 N–H and O–H groups in total. The molecular weight excluding hydrogens is 114 g/mol. The van der Waals surface area contributed by atoms with Crippen molar-refractivity contribution in [3.05, 3.63) is 0 Å². The molecule has 0 unspecified atom stereocenters. The second kappa shape index (κ2) is 5.58. The first-order valence-corrected chi connectivity index (χ1v) is 2.83. The summed E-state index contributed by atoms with van der Waals surface area (Å²) in [5.41, 5.74) is 0. The summed E-state index contributed by atoms with van der Waals surface area (Å²) in [7, 11) is -2.89. The molecule has 0 atom stereocenters. The fourth-order valence-corrected chi connectivity index (χ4v) is 0.354. The summed E-state index contributed by atoms with van der Waals surface area (Å²) in [4.78, 5) is 9.45. The van der Waals surface area contributed by atoms with Crippen molar-refractivity contribution in [2.45, 2.75) is 6.92 Å². The second-order valence-electron chi connectivity index (χ2n) is 0.683. The Balaban J connectivity index is 0. The van der Waals surface area contributed by atoms with Crippen LogP contribution in [0.4, 0.5) is 0 Å². The van der Waals surface area contributed by atoms with Crippen LogP contribution in [0.15, 0.2) is 0 Å². The zero-order chi connectivity index (χ0) is 4.99. The van der Waals surface area contributed by atoms with E-state index in [9.17, 15) is 9.26 Å². The molecule has 5 heteroatoms. The minimum atomic E-state index is -2.89. The Morgan fingerprint density at radius 2 is 2.29 bits per heavy atom. The van der Waals surface area contributed by atoms with Crippen LogP contribution in [0.1, 0.15) is 6.92 Å². The van der Waals surface area contributed by atoms with Gasteiger partial charge < -0.3 is 19.8 Å². The largest absolute Gasteiger partial charge is 0.588 e. The molecule has 0 aliphatic heterocycles. The van der Waals surface area contributed by atoms with Crippen LogP contribution in [-0.2, 0) is 8.89 Å². The van der Waals surface area contributed by atoms with Crippen LogP contribution >= 0.6 is 0 Å². The lowest BCUT2D eigenvalue weighted by Gasteiger charge is -1.98. The van der Waals surface area contributed by atoms with E-state index in [1.54, 1.807) is 6.92 Å². The SMILES string of the molecule is CCO[Si](=O)[O-].N. The number of hydrogen-bond donors (Lipinski definition) is 1. The van der Waals surface area contributed by atoms with Crippen LogP contribution in [0.3, 0.4) is 0 Å². The highest BCUT2D eigenvalue weighted by Crippen LogP contribution is 1.59. The molecule has 0 spiro atoms. The van der Waals surface area contributed by atoms with E-state index in [4.69, 9.17) is 0 Å². The van der Waals surface area contributed by atoms with Gasteiger partial charge in [0.1, 0.15) is 0 Å². The lowest BCUT2D eigenvalue weighted by molar-refractivity contribution is -0.228. The van der Waals surface area contributed by atoms with Crippen molar-refractivity contribution in [3.8, 4) is 0 Å². The number of hydrogen-bond acceptors (Lipinski definition) is 4. The fourth-order valence-electron chi connectivity index (χ4n) is 0.118. The molecule has 0 saturated carbocycles. The van der Waals surface area contributed by atoms with Crippen molar-refractivity contribution in [2.75, 3.05) is 6.61 Å². The van der Waals surface area contributed by atoms with Crippen LogP contribution in [0.5, 0.6) is 0 Å². The summed E-state index contributed by atoms with van der Waals surface area (Å²) >= 11 is 0. The van der Waals surface area contributed by atoms with Gasteiger partial charge in [-0.25, -0.2) is 0 Å². The first kappa shape index (κ1) is 9.76. The van der Waals surface area contributed by atoms with Gasteiger partial charge in [-0.15, -0.1) is 0 Å². The molecule has 0 rings (SSSR count). The highest BCUT2D eigenvalue weighted by atomic mass is 28.3. The van der Waals surface area contributed by atoms with Crippen molar-refractivity contribution in [1.82, 2.24) is 6.15 Å². The van der Waals surface area contributed by atoms with E-state index in [0.717, 1.165) is 0 Å². The van der Waals surface area contributed by atoms with Gasteiger partial charge in [-0.1, -0.05) is 0 Å². The minimum absolute atomic E-state index is 0. The molecule has 0 saturated heterocycles. The summed E-state index contributed by atoms with van der Waals surface area (Å²) in [6, 6.07) is 0. The van der Waals surface area contributed by atoms with Crippen LogP contribution in [0.2, 0.25) is 0 Å². The normalized spacial score (nSPS) is 6.43. The lowest BCUT2D eigenvalue weighted by Crippen LogP contribution is -2.23. The maximum atomic E-state index is 9.45. The molecule has 0 heterocycles. The topological polar surface area (TPSA) is 84.4 Å². The van der Waals surface area contributed by atoms with Crippen molar-refractivity contribution in [1.29, 1.82) is 0 Å². The minimum Gasteiger partial charge on any atom is -0.588 e. The molecule has 0 aromatic carbocycles. The van der Waals surface area contributed by atoms with Gasteiger partial charge in [-0.05, 0) is 6.92 Å². The first-order valence-electron chi connectivity index (χ1n) is 1.61. The maximum absolute atomic E-state index is 9.45. The van der Waals surface area contributed by atoms with Crippen LogP contribution < -0.4 is 10.9 Å². The predicted octanol–water partition coefficient (Wildman–Crippen LogP) is -1.04. The van der Waals surface area contributed by atoms with E-state index in [2.05, 4.69) is 4.43 Å². The van der Waals surface area contributed by atoms with Gasteiger partial charge in [0.25, 0.3) is 0 Å². The molecule has 0 bridgehead atoms. The average Bonchev–Trinajstić information content (AvgIpc) is 1.35. The van der Waals surface area contributed by atoms with E-state index >= 15 is 0 Å². The molecule has 4 nitrogen and oxygen atoms in total. The summed E-state index contributed by atoms with van der Waals surface area (Å²) in [5.74, 6) is 0. The van der Waals surface area contributed by atoms with E-state index in [0.29, 0.717) is 0 Å². The maximum Gasteiger partial charge on any atom is 0.413 e. The Kier molecular flexibility index (Phi) is 7.78. The smallest absolute Gasteiger partial charge is 0.413 e. The summed E-state index contributed by atoms with van der Waals surface area (Å²) in [6.07, 6.45) is 0. The standard InChI is InChI=1S/C2H5O3Si.H3N/c1-2-5-6(3)4;/h2H2,1H3;1H3/q-1;. The summed E-state index contributed by atoms with van der Waals surface area (Å²) in [6.45, 7) is 1.88. The highest BCUT2D eigenvalue weighted by Gasteiger charge is 1.76. The van der Waals surface area contributed by atoms with Crippen molar-refractivity contribution >= 4 is 9.17 Å². The van der Waals surface area contributed by atoms with E-state index < -0.39 is 9.17 Å². The Labute approximate surface area is 43.6 Å². The third kappa shape index (κ3) is 10.7. The highest BCUT2D eigenvalue weighted by molar-refractivity contribution is 6.21. The average molecular weight is 122 g/mol. The Morgan fingerprint density at radius 1 is 1.86 bits per heavy atom. The Morgan fingerprint density at radius 3 is 2.29 bits per heavy atom. The molecule has 0 fully saturated rings. The summed E-state index contributed by atoms with van der Waals surface area (Å²) < 4.78 is 13.5. The van der Waals surface area contributed by atoms with Gasteiger partial charge in [-0.3, -0.25) is 0 Å². The molecule has 7 heavy (non-hydrogen) atoms. The van der Waals surface area contributed by atoms with Crippen molar-refractivity contribution in [2.24, 2.45) is 0 Å². The molecule has 0 amide bonds. The van der Waals surface area contributed by atoms with Gasteiger partial charge >= 0.3 is 9.17 Å². The third-order valence-electron chi connectivity index (χ3n) is 0.262. The zero-order valence-electron chi connectivity index (χ0n) is 4.14. The predicted molar refractivity (Wildman–Crippen MR) is 23.1 cm³/mol. The fraction of sp³-hybridized carbons (Fsp3) is 1.00. The zero-order valence-corrected chi connectivity index (χ0v) is 5.14. The molecule has 0 aliphatic rings. The van der Waals surface area contributed by atoms with Gasteiger partial charge in [0, 0.05) is 6.61 Å². The van der Waals surface area contributed by atoms with Crippen LogP contribution in [0, 0.1) is 0 Å². The Hall–Kier alpha value is -0.423. The van der Waals surface area contributed by atoms with E-state index in [1.165, 1.54) is 0 Å². The quantitative estimate of drug-likeness (QED) is 0.474. The van der Waals surface area contributed by atoms with Crippen LogP contribution in [-0.4, -0.2) is 15.8 Å². The Bertz CT molecular complexity index is 56.9. The van der Waals surface area contributed by atoms with Gasteiger partial charge in [0.2, 0.25) is 0 Å². The van der Waals surface area contributed by atoms with E-state index in [1.807, 2.05) is 0 Å². The van der Waals surface area contributed by atoms with Crippen LogP contribution in [0.25, 0.3) is 0 Å². The molecule has 0 aromatic rings. The second-order valence-corrected chi connectivity index (χ2v) is 1.47. The third-order valence-corrected chi connectivity index (χ3v) is 0.787. The molecular formula is C2H8NO3Si-. The monoisotopic (exact) mass is 122 g/mol. The molecule has 0 radical (unpaired) electrons. The van der Waals surface area contributed by atoms with Gasteiger partial charge in [-0.2, -0.15) is 0 Å².